The lowest BCUT2D eigenvalue weighted by Crippen LogP contribution is -2.42. The number of thiophene rings is 1. The van der Waals surface area contributed by atoms with E-state index >= 15 is 0 Å². The minimum absolute atomic E-state index is 0.858. The molecule has 0 aliphatic rings. The van der Waals surface area contributed by atoms with Crippen molar-refractivity contribution in [2.24, 2.45) is 0 Å². The molecule has 21 heavy (non-hydrogen) atoms. The lowest BCUT2D eigenvalue weighted by molar-refractivity contribution is 0.123. The van der Waals surface area contributed by atoms with Crippen LogP contribution in [0.15, 0.2) is 34.5 Å². The summed E-state index contributed by atoms with van der Waals surface area (Å²) in [6, 6.07) is 11.6. The molecule has 0 saturated carbocycles. The van der Waals surface area contributed by atoms with Crippen molar-refractivity contribution < 1.29 is 13.3 Å². The lowest BCUT2D eigenvalue weighted by atomic mass is 10.3. The fraction of sp³-hybridized carbons (Fsp3) is 0.429. The predicted molar refractivity (Wildman–Crippen MR) is 96.3 cm³/mol. The molecule has 0 aliphatic heterocycles. The summed E-state index contributed by atoms with van der Waals surface area (Å²) in [7, 11) is 6.33. The molecular weight excluding hydrogens is 340 g/mol. The van der Waals surface area contributed by atoms with Gasteiger partial charge in [-0.2, -0.15) is 0 Å². The Bertz CT molecular complexity index is 516. The van der Waals surface area contributed by atoms with Gasteiger partial charge in [0.25, 0.3) is 0 Å². The number of hydrogen-bond acceptors (Lipinski definition) is 6. The minimum atomic E-state index is -2.39. The summed E-state index contributed by atoms with van der Waals surface area (Å²) in [5.41, 5.74) is 0. The molecule has 116 valence electrons. The highest BCUT2D eigenvalue weighted by Crippen LogP contribution is 2.39. The Morgan fingerprint density at radius 3 is 2.48 bits per heavy atom. The monoisotopic (exact) mass is 360 g/mol. The van der Waals surface area contributed by atoms with Crippen molar-refractivity contribution in [2.75, 3.05) is 27.1 Å². The van der Waals surface area contributed by atoms with Gasteiger partial charge < -0.3 is 13.3 Å². The first kappa shape index (κ1) is 17.3. The third-order valence-electron chi connectivity index (χ3n) is 3.19. The molecule has 0 bridgehead atoms. The van der Waals surface area contributed by atoms with Gasteiger partial charge in [-0.05, 0) is 34.7 Å². The van der Waals surface area contributed by atoms with E-state index in [9.17, 15) is 0 Å². The van der Waals surface area contributed by atoms with E-state index in [4.69, 9.17) is 13.3 Å². The zero-order valence-corrected chi connectivity index (χ0v) is 15.9. The molecule has 0 spiro atoms. The second-order valence-corrected chi connectivity index (χ2v) is 11.3. The summed E-state index contributed by atoms with van der Waals surface area (Å²) in [6.45, 7) is 0. The second kappa shape index (κ2) is 8.57. The normalized spacial score (nSPS) is 12.1. The van der Waals surface area contributed by atoms with Gasteiger partial charge in [0.1, 0.15) is 0 Å². The zero-order chi connectivity index (χ0) is 15.1. The van der Waals surface area contributed by atoms with Gasteiger partial charge in [-0.25, -0.2) is 0 Å². The molecule has 3 nitrogen and oxygen atoms in total. The molecular formula is C14H20O3S3Si. The molecule has 0 N–H and O–H groups in total. The number of hydrogen-bond donors (Lipinski definition) is 0. The van der Waals surface area contributed by atoms with Crippen LogP contribution in [0.5, 0.6) is 0 Å². The molecule has 1 aromatic carbocycles. The van der Waals surface area contributed by atoms with Gasteiger partial charge in [0.15, 0.2) is 0 Å². The Balaban J connectivity index is 1.74. The van der Waals surface area contributed by atoms with Crippen LogP contribution in [0.4, 0.5) is 0 Å². The largest absolute Gasteiger partial charge is 0.500 e. The molecule has 0 amide bonds. The van der Waals surface area contributed by atoms with E-state index in [-0.39, 0.29) is 0 Å². The highest BCUT2D eigenvalue weighted by Gasteiger charge is 2.36. The first-order valence-electron chi connectivity index (χ1n) is 6.66. The summed E-state index contributed by atoms with van der Waals surface area (Å²) in [5, 5.41) is 1.33. The molecule has 0 radical (unpaired) electrons. The minimum Gasteiger partial charge on any atom is -0.377 e. The fourth-order valence-corrected chi connectivity index (χ4v) is 7.65. The van der Waals surface area contributed by atoms with Crippen LogP contribution in [0.3, 0.4) is 0 Å². The highest BCUT2D eigenvalue weighted by molar-refractivity contribution is 8.77. The van der Waals surface area contributed by atoms with E-state index in [2.05, 4.69) is 30.3 Å². The van der Waals surface area contributed by atoms with E-state index in [1.165, 1.54) is 14.3 Å². The summed E-state index contributed by atoms with van der Waals surface area (Å²) < 4.78 is 19.0. The van der Waals surface area contributed by atoms with Gasteiger partial charge in [-0.3, -0.25) is 0 Å². The average molecular weight is 361 g/mol. The van der Waals surface area contributed by atoms with Crippen molar-refractivity contribution in [2.45, 2.75) is 16.7 Å². The number of rotatable bonds is 9. The maximum absolute atomic E-state index is 5.42. The van der Waals surface area contributed by atoms with E-state index in [1.807, 2.05) is 32.9 Å². The standard InChI is InChI=1S/C14H20O3S3Si/c1-15-21(16-2,17-3)10-6-9-18-20-14-11-12-7-4-5-8-13(12)19-14/h4-5,7-8,11H,6,9-10H2,1-3H3. The van der Waals surface area contributed by atoms with E-state index < -0.39 is 8.80 Å². The maximum atomic E-state index is 5.42. The van der Waals surface area contributed by atoms with Crippen molar-refractivity contribution in [3.8, 4) is 0 Å². The highest BCUT2D eigenvalue weighted by atomic mass is 33.1. The van der Waals surface area contributed by atoms with Gasteiger partial charge in [0.2, 0.25) is 0 Å². The van der Waals surface area contributed by atoms with Crippen molar-refractivity contribution in [3.63, 3.8) is 0 Å². The van der Waals surface area contributed by atoms with Crippen LogP contribution in [-0.4, -0.2) is 35.9 Å². The van der Waals surface area contributed by atoms with E-state index in [1.54, 1.807) is 21.3 Å². The topological polar surface area (TPSA) is 27.7 Å². The first-order chi connectivity index (χ1) is 10.2. The molecule has 2 aromatic rings. The van der Waals surface area contributed by atoms with Gasteiger partial charge in [0, 0.05) is 37.8 Å². The molecule has 1 heterocycles. The van der Waals surface area contributed by atoms with Crippen LogP contribution in [0.1, 0.15) is 6.42 Å². The summed E-state index contributed by atoms with van der Waals surface area (Å²) in [6.07, 6.45) is 1.03. The molecule has 7 heteroatoms. The van der Waals surface area contributed by atoms with Gasteiger partial charge in [-0.15, -0.1) is 11.3 Å². The molecule has 1 aromatic heterocycles. The molecule has 0 unspecified atom stereocenters. The first-order valence-corrected chi connectivity index (χ1v) is 11.7. The van der Waals surface area contributed by atoms with E-state index in [0.717, 1.165) is 18.2 Å². The molecule has 0 saturated heterocycles. The van der Waals surface area contributed by atoms with Crippen LogP contribution in [-0.2, 0) is 13.3 Å². The van der Waals surface area contributed by atoms with Gasteiger partial charge in [-0.1, -0.05) is 29.0 Å². The van der Waals surface area contributed by atoms with Crippen molar-refractivity contribution in [1.29, 1.82) is 0 Å². The van der Waals surface area contributed by atoms with Gasteiger partial charge >= 0.3 is 8.80 Å². The zero-order valence-electron chi connectivity index (χ0n) is 12.5. The lowest BCUT2D eigenvalue weighted by Gasteiger charge is -2.23. The number of fused-ring (bicyclic) bond motifs is 1. The van der Waals surface area contributed by atoms with Crippen LogP contribution in [0.25, 0.3) is 10.1 Å². The number of benzene rings is 1. The second-order valence-electron chi connectivity index (χ2n) is 4.41. The Labute approximate surface area is 139 Å². The van der Waals surface area contributed by atoms with Crippen LogP contribution < -0.4 is 0 Å². The maximum Gasteiger partial charge on any atom is 0.500 e. The SMILES string of the molecule is CO[Si](CCCSSc1cc2ccccc2s1)(OC)OC. The molecule has 0 atom stereocenters. The van der Waals surface area contributed by atoms with Crippen LogP contribution in [0, 0.1) is 0 Å². The molecule has 0 fully saturated rings. The molecule has 0 aliphatic carbocycles. The Morgan fingerprint density at radius 2 is 1.81 bits per heavy atom. The average Bonchev–Trinajstić information content (AvgIpc) is 2.94. The predicted octanol–water partition coefficient (Wildman–Crippen LogP) is 4.91. The summed E-state index contributed by atoms with van der Waals surface area (Å²) >= 11 is 1.85. The quantitative estimate of drug-likeness (QED) is 0.360. The Hall–Kier alpha value is -0.0231. The Kier molecular flexibility index (Phi) is 7.07. The smallest absolute Gasteiger partial charge is 0.377 e. The van der Waals surface area contributed by atoms with Crippen molar-refractivity contribution >= 4 is 51.8 Å². The third kappa shape index (κ3) is 4.72. The fourth-order valence-electron chi connectivity index (χ4n) is 2.00. The molecule has 2 rings (SSSR count). The Morgan fingerprint density at radius 1 is 1.10 bits per heavy atom. The van der Waals surface area contributed by atoms with Crippen molar-refractivity contribution in [1.82, 2.24) is 0 Å². The van der Waals surface area contributed by atoms with E-state index in [0.29, 0.717) is 0 Å². The summed E-state index contributed by atoms with van der Waals surface area (Å²) in [5.74, 6) is 1.06. The van der Waals surface area contributed by atoms with Crippen molar-refractivity contribution in [3.05, 3.63) is 30.3 Å². The third-order valence-corrected chi connectivity index (χ3v) is 9.99. The van der Waals surface area contributed by atoms with Crippen LogP contribution >= 0.6 is 32.9 Å². The van der Waals surface area contributed by atoms with Gasteiger partial charge in [0.05, 0.1) is 4.21 Å². The summed E-state index contributed by atoms with van der Waals surface area (Å²) in [4.78, 5) is 0. The van der Waals surface area contributed by atoms with Crippen LogP contribution in [0.2, 0.25) is 6.04 Å².